The summed E-state index contributed by atoms with van der Waals surface area (Å²) in [6.45, 7) is 2.24. The third-order valence-corrected chi connectivity index (χ3v) is 5.75. The highest BCUT2D eigenvalue weighted by Gasteiger charge is 2.29. The van der Waals surface area contributed by atoms with E-state index in [1.807, 2.05) is 12.1 Å². The molecule has 2 N–H and O–H groups in total. The van der Waals surface area contributed by atoms with E-state index in [0.717, 1.165) is 18.5 Å². The lowest BCUT2D eigenvalue weighted by Gasteiger charge is -2.26. The van der Waals surface area contributed by atoms with Gasteiger partial charge in [-0.25, -0.2) is 13.1 Å². The van der Waals surface area contributed by atoms with E-state index in [2.05, 4.69) is 17.0 Å². The van der Waals surface area contributed by atoms with E-state index in [1.54, 1.807) is 12.1 Å². The van der Waals surface area contributed by atoms with Gasteiger partial charge in [-0.1, -0.05) is 12.8 Å². The quantitative estimate of drug-likeness (QED) is 0.878. The summed E-state index contributed by atoms with van der Waals surface area (Å²) in [5.74, 6) is 0. The van der Waals surface area contributed by atoms with Crippen molar-refractivity contribution >= 4 is 15.7 Å². The predicted octanol–water partition coefficient (Wildman–Crippen LogP) is 2.87. The molecule has 5 heteroatoms. The molecule has 4 nitrogen and oxygen atoms in total. The smallest absolute Gasteiger partial charge is 0.240 e. The molecule has 2 aliphatic carbocycles. The standard InChI is InChI=1S/C15H22N2O2S/c1-15(10-2-3-11-15)16-12-6-8-14(9-7-12)20(18,19)17-13-4-5-13/h6-9,13,16-17H,2-5,10-11H2,1H3. The Bertz CT molecular complexity index is 570. The maximum Gasteiger partial charge on any atom is 0.240 e. The highest BCUT2D eigenvalue weighted by molar-refractivity contribution is 7.89. The first kappa shape index (κ1) is 13.9. The number of hydrogen-bond acceptors (Lipinski definition) is 3. The molecule has 0 atom stereocenters. The number of nitrogens with one attached hydrogen (secondary N) is 2. The average molecular weight is 294 g/mol. The van der Waals surface area contributed by atoms with Gasteiger partial charge >= 0.3 is 0 Å². The van der Waals surface area contributed by atoms with E-state index in [0.29, 0.717) is 4.90 Å². The summed E-state index contributed by atoms with van der Waals surface area (Å²) in [5, 5.41) is 3.53. The topological polar surface area (TPSA) is 58.2 Å². The number of sulfonamides is 1. The molecule has 1 aromatic rings. The summed E-state index contributed by atoms with van der Waals surface area (Å²) in [5.41, 5.74) is 1.16. The summed E-state index contributed by atoms with van der Waals surface area (Å²) in [6, 6.07) is 7.25. The fourth-order valence-electron chi connectivity index (χ4n) is 2.83. The highest BCUT2D eigenvalue weighted by atomic mass is 32.2. The van der Waals surface area contributed by atoms with Crippen molar-refractivity contribution < 1.29 is 8.42 Å². The molecule has 1 aromatic carbocycles. The van der Waals surface area contributed by atoms with Gasteiger partial charge in [-0.05, 0) is 56.9 Å². The summed E-state index contributed by atoms with van der Waals surface area (Å²) >= 11 is 0. The van der Waals surface area contributed by atoms with Crippen molar-refractivity contribution in [1.29, 1.82) is 0 Å². The fourth-order valence-corrected chi connectivity index (χ4v) is 4.14. The first-order chi connectivity index (χ1) is 9.47. The van der Waals surface area contributed by atoms with Crippen molar-refractivity contribution in [3.05, 3.63) is 24.3 Å². The van der Waals surface area contributed by atoms with E-state index >= 15 is 0 Å². The minimum Gasteiger partial charge on any atom is -0.380 e. The summed E-state index contributed by atoms with van der Waals surface area (Å²) in [7, 11) is -3.33. The first-order valence-electron chi connectivity index (χ1n) is 7.38. The van der Waals surface area contributed by atoms with Gasteiger partial charge in [0.2, 0.25) is 10.0 Å². The van der Waals surface area contributed by atoms with Crippen LogP contribution in [0.2, 0.25) is 0 Å². The van der Waals surface area contributed by atoms with Gasteiger partial charge in [0, 0.05) is 17.3 Å². The minimum atomic E-state index is -3.33. The molecular formula is C15H22N2O2S. The van der Waals surface area contributed by atoms with E-state index in [1.165, 1.54) is 25.7 Å². The molecule has 20 heavy (non-hydrogen) atoms. The molecular weight excluding hydrogens is 272 g/mol. The Morgan fingerprint density at radius 1 is 1.10 bits per heavy atom. The van der Waals surface area contributed by atoms with E-state index < -0.39 is 10.0 Å². The van der Waals surface area contributed by atoms with Gasteiger partial charge in [0.1, 0.15) is 0 Å². The van der Waals surface area contributed by atoms with Crippen LogP contribution in [0.15, 0.2) is 29.2 Å². The van der Waals surface area contributed by atoms with Gasteiger partial charge < -0.3 is 5.32 Å². The Hall–Kier alpha value is -1.07. The molecule has 0 radical (unpaired) electrons. The van der Waals surface area contributed by atoms with Crippen LogP contribution in [0.3, 0.4) is 0 Å². The molecule has 2 aliphatic rings. The number of rotatable bonds is 5. The lowest BCUT2D eigenvalue weighted by atomic mass is 10.0. The maximum atomic E-state index is 12.1. The van der Waals surface area contributed by atoms with Gasteiger partial charge in [0.05, 0.1) is 4.90 Å². The van der Waals surface area contributed by atoms with Crippen LogP contribution in [0.4, 0.5) is 5.69 Å². The minimum absolute atomic E-state index is 0.148. The molecule has 3 rings (SSSR count). The highest BCUT2D eigenvalue weighted by Crippen LogP contribution is 2.32. The molecule has 0 amide bonds. The largest absolute Gasteiger partial charge is 0.380 e. The van der Waals surface area contributed by atoms with Gasteiger partial charge in [-0.15, -0.1) is 0 Å². The fraction of sp³-hybridized carbons (Fsp3) is 0.600. The molecule has 2 fully saturated rings. The normalized spacial score (nSPS) is 21.9. The van der Waals surface area contributed by atoms with Gasteiger partial charge in [0.25, 0.3) is 0 Å². The SMILES string of the molecule is CC1(Nc2ccc(S(=O)(=O)NC3CC3)cc2)CCCC1. The van der Waals surface area contributed by atoms with E-state index in [9.17, 15) is 8.42 Å². The Labute approximate surface area is 121 Å². The van der Waals surface area contributed by atoms with Crippen LogP contribution in [-0.2, 0) is 10.0 Å². The Morgan fingerprint density at radius 2 is 1.70 bits per heavy atom. The van der Waals surface area contributed by atoms with Crippen molar-refractivity contribution in [2.75, 3.05) is 5.32 Å². The molecule has 0 bridgehead atoms. The third-order valence-electron chi connectivity index (χ3n) is 4.22. The van der Waals surface area contributed by atoms with Crippen LogP contribution in [0.5, 0.6) is 0 Å². The Morgan fingerprint density at radius 3 is 2.25 bits per heavy atom. The summed E-state index contributed by atoms with van der Waals surface area (Å²) < 4.78 is 26.8. The van der Waals surface area contributed by atoms with Crippen molar-refractivity contribution in [2.45, 2.75) is 61.9 Å². The van der Waals surface area contributed by atoms with Crippen LogP contribution in [0.1, 0.15) is 45.4 Å². The number of benzene rings is 1. The zero-order valence-electron chi connectivity index (χ0n) is 11.9. The van der Waals surface area contributed by atoms with Crippen LogP contribution in [-0.4, -0.2) is 20.0 Å². The maximum absolute atomic E-state index is 12.1. The lowest BCUT2D eigenvalue weighted by molar-refractivity contribution is 0.533. The van der Waals surface area contributed by atoms with Crippen LogP contribution >= 0.6 is 0 Å². The summed E-state index contributed by atoms with van der Waals surface area (Å²) in [4.78, 5) is 0.353. The molecule has 0 spiro atoms. The van der Waals surface area contributed by atoms with Crippen molar-refractivity contribution in [1.82, 2.24) is 4.72 Å². The number of anilines is 1. The van der Waals surface area contributed by atoms with Gasteiger partial charge in [0.15, 0.2) is 0 Å². The molecule has 0 aliphatic heterocycles. The molecule has 0 unspecified atom stereocenters. The number of hydrogen-bond donors (Lipinski definition) is 2. The van der Waals surface area contributed by atoms with Gasteiger partial charge in [-0.3, -0.25) is 0 Å². The molecule has 0 aromatic heterocycles. The first-order valence-corrected chi connectivity index (χ1v) is 8.86. The average Bonchev–Trinajstić information content (AvgIpc) is 3.09. The lowest BCUT2D eigenvalue weighted by Crippen LogP contribution is -2.30. The Balaban J connectivity index is 1.70. The van der Waals surface area contributed by atoms with Gasteiger partial charge in [-0.2, -0.15) is 0 Å². The van der Waals surface area contributed by atoms with Crippen LogP contribution in [0, 0.1) is 0 Å². The second-order valence-corrected chi connectivity index (χ2v) is 8.03. The third kappa shape index (κ3) is 3.15. The molecule has 0 heterocycles. The monoisotopic (exact) mass is 294 g/mol. The molecule has 110 valence electrons. The summed E-state index contributed by atoms with van der Waals surface area (Å²) in [6.07, 6.45) is 6.80. The molecule has 0 saturated heterocycles. The predicted molar refractivity (Wildman–Crippen MR) is 80.3 cm³/mol. The second kappa shape index (κ2) is 5.04. The van der Waals surface area contributed by atoms with Crippen LogP contribution < -0.4 is 10.0 Å². The van der Waals surface area contributed by atoms with Crippen LogP contribution in [0.25, 0.3) is 0 Å². The van der Waals surface area contributed by atoms with E-state index in [-0.39, 0.29) is 11.6 Å². The Kier molecular flexibility index (Phi) is 3.50. The zero-order valence-corrected chi connectivity index (χ0v) is 12.7. The second-order valence-electron chi connectivity index (χ2n) is 6.31. The van der Waals surface area contributed by atoms with Crippen molar-refractivity contribution in [3.8, 4) is 0 Å². The van der Waals surface area contributed by atoms with Crippen molar-refractivity contribution in [2.24, 2.45) is 0 Å². The zero-order chi connectivity index (χ0) is 14.2. The van der Waals surface area contributed by atoms with Crippen molar-refractivity contribution in [3.63, 3.8) is 0 Å². The van der Waals surface area contributed by atoms with E-state index in [4.69, 9.17) is 0 Å². The molecule has 2 saturated carbocycles.